The second-order valence-electron chi connectivity index (χ2n) is 4.39. The fraction of sp³-hybridized carbons (Fsp3) is 0.143. The molecule has 0 saturated heterocycles. The fourth-order valence-electron chi connectivity index (χ4n) is 1.88. The third kappa shape index (κ3) is 3.67. The first-order chi connectivity index (χ1) is 10.5. The Bertz CT molecular complexity index is 798. The van der Waals surface area contributed by atoms with E-state index in [2.05, 4.69) is 0 Å². The normalized spacial score (nSPS) is 16.4. The Morgan fingerprint density at radius 2 is 2.09 bits per heavy atom. The van der Waals surface area contributed by atoms with Crippen molar-refractivity contribution in [1.29, 1.82) is 0 Å². The van der Waals surface area contributed by atoms with Crippen molar-refractivity contribution in [3.8, 4) is 0 Å². The van der Waals surface area contributed by atoms with Crippen LogP contribution in [0.25, 0.3) is 0 Å². The van der Waals surface area contributed by atoms with E-state index in [1.54, 1.807) is 12.1 Å². The van der Waals surface area contributed by atoms with E-state index in [0.717, 1.165) is 0 Å². The van der Waals surface area contributed by atoms with Gasteiger partial charge in [0.2, 0.25) is 10.3 Å². The van der Waals surface area contributed by atoms with Gasteiger partial charge >= 0.3 is 5.97 Å². The van der Waals surface area contributed by atoms with Crippen LogP contribution in [0.4, 0.5) is 5.69 Å². The standard InChI is InChI=1S/C14H11NO6S/c16-14(12-6-1-2-7-13(12)22(19)20)21-9-10-4-3-5-11(8-10)15(17)18/h1-8,12H,9H2. The molecule has 0 saturated carbocycles. The van der Waals surface area contributed by atoms with E-state index >= 15 is 0 Å². The maximum absolute atomic E-state index is 12.0. The lowest BCUT2D eigenvalue weighted by Crippen LogP contribution is -2.25. The SMILES string of the molecule is O=C(OCc1cccc([N+](=O)[O-])c1)C1C=CC=CC1=S(=O)=O. The zero-order valence-corrected chi connectivity index (χ0v) is 12.0. The Hall–Kier alpha value is -2.74. The molecule has 1 aromatic carbocycles. The molecule has 0 heterocycles. The van der Waals surface area contributed by atoms with E-state index in [1.165, 1.54) is 36.4 Å². The molecule has 0 aliphatic heterocycles. The summed E-state index contributed by atoms with van der Waals surface area (Å²) in [4.78, 5) is 22.0. The summed E-state index contributed by atoms with van der Waals surface area (Å²) < 4.78 is 27.2. The molecular formula is C14H11NO6S. The van der Waals surface area contributed by atoms with Crippen LogP contribution in [0, 0.1) is 16.0 Å². The zero-order valence-electron chi connectivity index (χ0n) is 11.2. The lowest BCUT2D eigenvalue weighted by Gasteiger charge is -2.13. The number of hydrogen-bond acceptors (Lipinski definition) is 6. The molecule has 22 heavy (non-hydrogen) atoms. The molecule has 1 unspecified atom stereocenters. The molecule has 2 rings (SSSR count). The van der Waals surface area contributed by atoms with Gasteiger partial charge in [0, 0.05) is 12.1 Å². The first-order valence-corrected chi connectivity index (χ1v) is 7.27. The largest absolute Gasteiger partial charge is 0.460 e. The molecule has 7 nitrogen and oxygen atoms in total. The Morgan fingerprint density at radius 3 is 2.77 bits per heavy atom. The number of esters is 1. The third-order valence-corrected chi connectivity index (χ3v) is 3.71. The highest BCUT2D eigenvalue weighted by atomic mass is 32.2. The summed E-state index contributed by atoms with van der Waals surface area (Å²) in [6, 6.07) is 5.68. The molecule has 0 spiro atoms. The maximum atomic E-state index is 12.0. The van der Waals surface area contributed by atoms with Crippen molar-refractivity contribution in [3.63, 3.8) is 0 Å². The molecule has 0 fully saturated rings. The van der Waals surface area contributed by atoms with Crippen LogP contribution in [-0.2, 0) is 26.4 Å². The van der Waals surface area contributed by atoms with E-state index in [1.807, 2.05) is 0 Å². The number of hydrogen-bond donors (Lipinski definition) is 0. The van der Waals surface area contributed by atoms with Gasteiger partial charge in [0.25, 0.3) is 5.69 Å². The Labute approximate surface area is 127 Å². The third-order valence-electron chi connectivity index (χ3n) is 2.93. The van der Waals surface area contributed by atoms with Crippen LogP contribution in [0.15, 0.2) is 48.6 Å². The minimum atomic E-state index is -2.52. The second-order valence-corrected chi connectivity index (χ2v) is 5.33. The quantitative estimate of drug-likeness (QED) is 0.360. The first kappa shape index (κ1) is 15.6. The number of benzene rings is 1. The highest BCUT2D eigenvalue weighted by Gasteiger charge is 2.24. The number of nitro benzene ring substituents is 1. The van der Waals surface area contributed by atoms with Crippen LogP contribution < -0.4 is 0 Å². The van der Waals surface area contributed by atoms with Crippen LogP contribution in [0.5, 0.6) is 0 Å². The van der Waals surface area contributed by atoms with Gasteiger partial charge in [0.1, 0.15) is 12.5 Å². The highest BCUT2D eigenvalue weighted by molar-refractivity contribution is 7.73. The minimum absolute atomic E-state index is 0.0773. The van der Waals surface area contributed by atoms with Gasteiger partial charge in [-0.25, -0.2) is 0 Å². The average molecular weight is 321 g/mol. The highest BCUT2D eigenvalue weighted by Crippen LogP contribution is 2.16. The molecule has 0 bridgehead atoms. The Kier molecular flexibility index (Phi) is 4.84. The van der Waals surface area contributed by atoms with Crippen LogP contribution in [0.3, 0.4) is 0 Å². The summed E-state index contributed by atoms with van der Waals surface area (Å²) in [7, 11) is -2.52. The number of carbonyl (C=O) groups is 1. The molecule has 1 aliphatic carbocycles. The lowest BCUT2D eigenvalue weighted by atomic mass is 10.0. The van der Waals surface area contributed by atoms with Crippen molar-refractivity contribution in [2.45, 2.75) is 6.61 Å². The van der Waals surface area contributed by atoms with Gasteiger partial charge in [-0.05, 0) is 11.6 Å². The van der Waals surface area contributed by atoms with Crippen LogP contribution >= 0.6 is 0 Å². The Morgan fingerprint density at radius 1 is 1.32 bits per heavy atom. The molecule has 114 valence electrons. The molecule has 0 radical (unpaired) electrons. The molecule has 1 atom stereocenters. The van der Waals surface area contributed by atoms with Gasteiger partial charge in [-0.1, -0.05) is 30.4 Å². The van der Waals surface area contributed by atoms with E-state index in [4.69, 9.17) is 4.74 Å². The molecule has 0 N–H and O–H groups in total. The van der Waals surface area contributed by atoms with Crippen molar-refractivity contribution in [3.05, 3.63) is 64.2 Å². The molecule has 1 aliphatic rings. The van der Waals surface area contributed by atoms with E-state index in [9.17, 15) is 23.3 Å². The number of nitro groups is 1. The molecule has 8 heteroatoms. The number of non-ortho nitro benzene ring substituents is 1. The number of allylic oxidation sites excluding steroid dienone is 3. The summed E-state index contributed by atoms with van der Waals surface area (Å²) in [5.41, 5.74) is 0.338. The van der Waals surface area contributed by atoms with Crippen molar-refractivity contribution >= 4 is 26.8 Å². The molecule has 0 aromatic heterocycles. The lowest BCUT2D eigenvalue weighted by molar-refractivity contribution is -0.384. The molecular weight excluding hydrogens is 310 g/mol. The number of ether oxygens (including phenoxy) is 1. The smallest absolute Gasteiger partial charge is 0.318 e. The van der Waals surface area contributed by atoms with Gasteiger partial charge < -0.3 is 4.74 Å². The van der Waals surface area contributed by atoms with Crippen molar-refractivity contribution < 1.29 is 22.9 Å². The summed E-state index contributed by atoms with van der Waals surface area (Å²) >= 11 is 0. The van der Waals surface area contributed by atoms with Crippen LogP contribution in [0.2, 0.25) is 0 Å². The van der Waals surface area contributed by atoms with E-state index in [0.29, 0.717) is 5.56 Å². The van der Waals surface area contributed by atoms with Gasteiger partial charge in [-0.3, -0.25) is 14.9 Å². The van der Waals surface area contributed by atoms with Gasteiger partial charge in [0.15, 0.2) is 0 Å². The number of nitrogens with zero attached hydrogens (tertiary/aromatic N) is 1. The predicted octanol–water partition coefficient (Wildman–Crippen LogP) is 1.43. The van der Waals surface area contributed by atoms with E-state index < -0.39 is 27.1 Å². The Balaban J connectivity index is 2.09. The van der Waals surface area contributed by atoms with E-state index in [-0.39, 0.29) is 17.2 Å². The number of rotatable bonds is 4. The first-order valence-electron chi connectivity index (χ1n) is 6.20. The maximum Gasteiger partial charge on any atom is 0.318 e. The van der Waals surface area contributed by atoms with Crippen LogP contribution in [-0.4, -0.2) is 24.2 Å². The predicted molar refractivity (Wildman–Crippen MR) is 78.6 cm³/mol. The van der Waals surface area contributed by atoms with Crippen LogP contribution in [0.1, 0.15) is 5.56 Å². The van der Waals surface area contributed by atoms with Crippen molar-refractivity contribution in [1.82, 2.24) is 0 Å². The molecule has 0 amide bonds. The van der Waals surface area contributed by atoms with Gasteiger partial charge in [-0.15, -0.1) is 0 Å². The summed E-state index contributed by atoms with van der Waals surface area (Å²) in [5, 5.41) is 10.7. The molecule has 1 aromatic rings. The second kappa shape index (κ2) is 6.81. The summed E-state index contributed by atoms with van der Waals surface area (Å²) in [6.45, 7) is -0.173. The van der Waals surface area contributed by atoms with Crippen molar-refractivity contribution in [2.24, 2.45) is 5.92 Å². The monoisotopic (exact) mass is 321 g/mol. The fourth-order valence-corrected chi connectivity index (χ4v) is 2.45. The average Bonchev–Trinajstić information content (AvgIpc) is 2.52. The zero-order chi connectivity index (χ0) is 16.1. The number of carbonyl (C=O) groups excluding carboxylic acids is 1. The topological polar surface area (TPSA) is 104 Å². The summed E-state index contributed by atoms with van der Waals surface area (Å²) in [6.07, 6.45) is 5.80. The summed E-state index contributed by atoms with van der Waals surface area (Å²) in [5.74, 6) is -1.73. The minimum Gasteiger partial charge on any atom is -0.460 e. The van der Waals surface area contributed by atoms with Gasteiger partial charge in [0.05, 0.1) is 9.79 Å². The van der Waals surface area contributed by atoms with Crippen molar-refractivity contribution in [2.75, 3.05) is 0 Å². The van der Waals surface area contributed by atoms with Gasteiger partial charge in [-0.2, -0.15) is 8.42 Å².